The predicted octanol–water partition coefficient (Wildman–Crippen LogP) is 6.00. The topological polar surface area (TPSA) is 57.5 Å². The maximum absolute atomic E-state index is 10.9. The van der Waals surface area contributed by atoms with Crippen LogP contribution in [0.4, 0.5) is 0 Å². The summed E-state index contributed by atoms with van der Waals surface area (Å²) in [5.41, 5.74) is 7.58. The average molecular weight is 362 g/mol. The number of phenols is 1. The zero-order valence-electron chi connectivity index (χ0n) is 15.0. The van der Waals surface area contributed by atoms with Crippen LogP contribution in [0.1, 0.15) is 30.5 Å². The molecular formula is C24H26O3. The van der Waals surface area contributed by atoms with Gasteiger partial charge in [0.15, 0.2) is 0 Å². The van der Waals surface area contributed by atoms with Gasteiger partial charge >= 0.3 is 5.97 Å². The standard InChI is InChI=1S/C23H22O3.CH4/c1-15-4-3-5-17(12-15)21-9-6-18(13-16(21)2)22-10-8-20(24)14-19(22)7-11-23(25)26;/h3-6,8-10,12-14,24H,7,11H2,1-2H3,(H,25,26);1H4. The number of aryl methyl sites for hydroxylation is 3. The van der Waals surface area contributed by atoms with Gasteiger partial charge in [-0.05, 0) is 65.8 Å². The highest BCUT2D eigenvalue weighted by Gasteiger charge is 2.11. The number of phenolic OH excluding ortho intramolecular Hbond substituents is 1. The molecule has 0 aliphatic rings. The normalized spacial score (nSPS) is 10.3. The monoisotopic (exact) mass is 362 g/mol. The maximum atomic E-state index is 10.9. The third kappa shape index (κ3) is 4.76. The summed E-state index contributed by atoms with van der Waals surface area (Å²) in [6.45, 7) is 4.16. The Morgan fingerprint density at radius 1 is 0.889 bits per heavy atom. The van der Waals surface area contributed by atoms with Crippen molar-refractivity contribution < 1.29 is 15.0 Å². The van der Waals surface area contributed by atoms with Crippen LogP contribution in [0.5, 0.6) is 5.75 Å². The largest absolute Gasteiger partial charge is 0.508 e. The molecule has 0 heterocycles. The summed E-state index contributed by atoms with van der Waals surface area (Å²) in [7, 11) is 0. The van der Waals surface area contributed by atoms with Gasteiger partial charge < -0.3 is 10.2 Å². The fraction of sp³-hybridized carbons (Fsp3) is 0.208. The second-order valence-electron chi connectivity index (χ2n) is 6.63. The van der Waals surface area contributed by atoms with Gasteiger partial charge in [0.05, 0.1) is 0 Å². The lowest BCUT2D eigenvalue weighted by molar-refractivity contribution is -0.136. The van der Waals surface area contributed by atoms with Gasteiger partial charge in [-0.25, -0.2) is 0 Å². The van der Waals surface area contributed by atoms with Crippen molar-refractivity contribution in [3.8, 4) is 28.0 Å². The van der Waals surface area contributed by atoms with E-state index < -0.39 is 5.97 Å². The van der Waals surface area contributed by atoms with Gasteiger partial charge in [-0.1, -0.05) is 61.5 Å². The van der Waals surface area contributed by atoms with Crippen LogP contribution in [0.2, 0.25) is 0 Å². The minimum atomic E-state index is -0.842. The van der Waals surface area contributed by atoms with Gasteiger partial charge in [-0.2, -0.15) is 0 Å². The van der Waals surface area contributed by atoms with Crippen LogP contribution in [-0.2, 0) is 11.2 Å². The summed E-state index contributed by atoms with van der Waals surface area (Å²) >= 11 is 0. The number of hydrogen-bond acceptors (Lipinski definition) is 2. The number of rotatable bonds is 5. The molecule has 0 aliphatic carbocycles. The molecule has 2 N–H and O–H groups in total. The number of hydrogen-bond donors (Lipinski definition) is 2. The lowest BCUT2D eigenvalue weighted by Crippen LogP contribution is -1.99. The van der Waals surface area contributed by atoms with Crippen LogP contribution in [-0.4, -0.2) is 16.2 Å². The van der Waals surface area contributed by atoms with E-state index in [0.29, 0.717) is 6.42 Å². The third-order valence-electron chi connectivity index (χ3n) is 4.56. The number of carboxylic acid groups (broad SMARTS) is 1. The quantitative estimate of drug-likeness (QED) is 0.585. The first-order valence-electron chi connectivity index (χ1n) is 8.66. The molecule has 140 valence electrons. The van der Waals surface area contributed by atoms with Crippen molar-refractivity contribution >= 4 is 5.97 Å². The zero-order chi connectivity index (χ0) is 18.7. The molecule has 3 nitrogen and oxygen atoms in total. The van der Waals surface area contributed by atoms with Crippen molar-refractivity contribution in [3.63, 3.8) is 0 Å². The van der Waals surface area contributed by atoms with E-state index in [1.807, 2.05) is 6.07 Å². The van der Waals surface area contributed by atoms with E-state index in [-0.39, 0.29) is 19.6 Å². The SMILES string of the molecule is C.Cc1cccc(-c2ccc(-c3ccc(O)cc3CCC(=O)O)cc2C)c1. The molecule has 0 unspecified atom stereocenters. The molecule has 3 aromatic carbocycles. The van der Waals surface area contributed by atoms with Crippen LogP contribution >= 0.6 is 0 Å². The minimum Gasteiger partial charge on any atom is -0.508 e. The lowest BCUT2D eigenvalue weighted by atomic mass is 9.92. The van der Waals surface area contributed by atoms with E-state index >= 15 is 0 Å². The molecule has 0 amide bonds. The smallest absolute Gasteiger partial charge is 0.303 e. The summed E-state index contributed by atoms with van der Waals surface area (Å²) < 4.78 is 0. The fourth-order valence-corrected chi connectivity index (χ4v) is 3.28. The zero-order valence-corrected chi connectivity index (χ0v) is 15.0. The van der Waals surface area contributed by atoms with Gasteiger partial charge in [-0.15, -0.1) is 0 Å². The van der Waals surface area contributed by atoms with Crippen LogP contribution in [0.15, 0.2) is 60.7 Å². The van der Waals surface area contributed by atoms with Crippen molar-refractivity contribution in [2.75, 3.05) is 0 Å². The highest BCUT2D eigenvalue weighted by Crippen LogP contribution is 2.32. The van der Waals surface area contributed by atoms with Gasteiger partial charge in [0.2, 0.25) is 0 Å². The summed E-state index contributed by atoms with van der Waals surface area (Å²) in [5, 5.41) is 18.7. The second kappa shape index (κ2) is 8.54. The summed E-state index contributed by atoms with van der Waals surface area (Å²) in [6, 6.07) is 19.8. The lowest BCUT2D eigenvalue weighted by Gasteiger charge is -2.13. The molecule has 3 rings (SSSR count). The number of aliphatic carboxylic acids is 1. The molecule has 0 bridgehead atoms. The van der Waals surface area contributed by atoms with Crippen molar-refractivity contribution in [1.29, 1.82) is 0 Å². The summed E-state index contributed by atoms with van der Waals surface area (Å²) in [4.78, 5) is 10.9. The van der Waals surface area contributed by atoms with Gasteiger partial charge in [0, 0.05) is 6.42 Å². The van der Waals surface area contributed by atoms with Crippen LogP contribution in [0.25, 0.3) is 22.3 Å². The molecule has 0 saturated heterocycles. The van der Waals surface area contributed by atoms with E-state index in [2.05, 4.69) is 56.3 Å². The van der Waals surface area contributed by atoms with E-state index in [9.17, 15) is 9.90 Å². The Kier molecular flexibility index (Phi) is 6.40. The highest BCUT2D eigenvalue weighted by atomic mass is 16.4. The molecule has 0 atom stereocenters. The molecule has 27 heavy (non-hydrogen) atoms. The molecule has 0 aliphatic heterocycles. The van der Waals surface area contributed by atoms with Crippen molar-refractivity contribution in [2.45, 2.75) is 34.1 Å². The van der Waals surface area contributed by atoms with E-state index in [1.165, 1.54) is 16.7 Å². The Hall–Kier alpha value is -3.07. The molecule has 0 fully saturated rings. The molecule has 3 aromatic rings. The first kappa shape index (κ1) is 20.2. The summed E-state index contributed by atoms with van der Waals surface area (Å²) in [6.07, 6.45) is 0.425. The highest BCUT2D eigenvalue weighted by molar-refractivity contribution is 5.76. The van der Waals surface area contributed by atoms with Crippen LogP contribution in [0.3, 0.4) is 0 Å². The number of benzene rings is 3. The Morgan fingerprint density at radius 2 is 1.59 bits per heavy atom. The van der Waals surface area contributed by atoms with E-state index in [0.717, 1.165) is 22.3 Å². The molecule has 0 aromatic heterocycles. The van der Waals surface area contributed by atoms with Crippen molar-refractivity contribution in [3.05, 3.63) is 77.4 Å². The molecule has 0 radical (unpaired) electrons. The van der Waals surface area contributed by atoms with Crippen molar-refractivity contribution in [2.24, 2.45) is 0 Å². The first-order chi connectivity index (χ1) is 12.4. The Labute approximate surface area is 160 Å². The second-order valence-corrected chi connectivity index (χ2v) is 6.63. The molecule has 0 saturated carbocycles. The third-order valence-corrected chi connectivity index (χ3v) is 4.56. The van der Waals surface area contributed by atoms with Gasteiger partial charge in [0.1, 0.15) is 5.75 Å². The van der Waals surface area contributed by atoms with Crippen LogP contribution < -0.4 is 0 Å². The molecule has 3 heteroatoms. The molecular weight excluding hydrogens is 336 g/mol. The fourth-order valence-electron chi connectivity index (χ4n) is 3.28. The predicted molar refractivity (Wildman–Crippen MR) is 111 cm³/mol. The van der Waals surface area contributed by atoms with Gasteiger partial charge in [0.25, 0.3) is 0 Å². The minimum absolute atomic E-state index is 0. The maximum Gasteiger partial charge on any atom is 0.303 e. The van der Waals surface area contributed by atoms with E-state index in [4.69, 9.17) is 5.11 Å². The molecule has 0 spiro atoms. The summed E-state index contributed by atoms with van der Waals surface area (Å²) in [5.74, 6) is -0.687. The Morgan fingerprint density at radius 3 is 2.26 bits per heavy atom. The number of carbonyl (C=O) groups is 1. The Balaban J connectivity index is 0.00000261. The average Bonchev–Trinajstić information content (AvgIpc) is 2.60. The first-order valence-corrected chi connectivity index (χ1v) is 8.66. The van der Waals surface area contributed by atoms with E-state index in [1.54, 1.807) is 12.1 Å². The van der Waals surface area contributed by atoms with Crippen LogP contribution in [0, 0.1) is 13.8 Å². The van der Waals surface area contributed by atoms with Gasteiger partial charge in [-0.3, -0.25) is 4.79 Å². The Bertz CT molecular complexity index is 958. The number of carboxylic acids is 1. The number of aromatic hydroxyl groups is 1. The van der Waals surface area contributed by atoms with Crippen molar-refractivity contribution in [1.82, 2.24) is 0 Å².